The summed E-state index contributed by atoms with van der Waals surface area (Å²) in [4.78, 5) is 30.2. The molecule has 0 saturated carbocycles. The molecule has 2 aromatic heterocycles. The Labute approximate surface area is 135 Å². The maximum atomic E-state index is 12.4. The molecule has 0 aliphatic carbocycles. The number of fused-ring (bicyclic) bond motifs is 1. The minimum absolute atomic E-state index is 0.312. The van der Waals surface area contributed by atoms with Crippen molar-refractivity contribution >= 4 is 27.1 Å². The number of hydrogen-bond acceptors (Lipinski definition) is 4. The zero-order valence-electron chi connectivity index (χ0n) is 12.6. The van der Waals surface area contributed by atoms with Crippen LogP contribution in [0.2, 0.25) is 0 Å². The van der Waals surface area contributed by atoms with Gasteiger partial charge in [-0.15, -0.1) is 0 Å². The molecule has 2 aromatic rings. The summed E-state index contributed by atoms with van der Waals surface area (Å²) >= 11 is 3.41. The van der Waals surface area contributed by atoms with Gasteiger partial charge in [0.1, 0.15) is 13.1 Å². The van der Waals surface area contributed by atoms with E-state index in [2.05, 4.69) is 20.9 Å². The Kier molecular flexibility index (Phi) is 4.20. The molecule has 1 N–H and O–H groups in total. The Balaban J connectivity index is 2.00. The van der Waals surface area contributed by atoms with Crippen molar-refractivity contribution in [3.8, 4) is 0 Å². The molecule has 1 saturated heterocycles. The summed E-state index contributed by atoms with van der Waals surface area (Å²) < 4.78 is 10.3. The van der Waals surface area contributed by atoms with Crippen LogP contribution in [-0.2, 0) is 25.4 Å². The van der Waals surface area contributed by atoms with Gasteiger partial charge in [-0.3, -0.25) is 13.9 Å². The molecule has 0 amide bonds. The number of quaternary nitrogens is 1. The number of ether oxygens (including phenoxy) is 1. The van der Waals surface area contributed by atoms with Crippen molar-refractivity contribution in [2.75, 3.05) is 32.8 Å². The molecule has 0 unspecified atom stereocenters. The average Bonchev–Trinajstić information content (AvgIpc) is 2.86. The minimum Gasteiger partial charge on any atom is -0.370 e. The molecule has 22 heavy (non-hydrogen) atoms. The van der Waals surface area contributed by atoms with Crippen molar-refractivity contribution < 1.29 is 9.64 Å². The summed E-state index contributed by atoms with van der Waals surface area (Å²) in [6.45, 7) is 5.05. The van der Waals surface area contributed by atoms with Crippen LogP contribution in [0.3, 0.4) is 0 Å². The van der Waals surface area contributed by atoms with Crippen molar-refractivity contribution in [3.05, 3.63) is 25.6 Å². The molecule has 1 fully saturated rings. The third kappa shape index (κ3) is 2.53. The first kappa shape index (κ1) is 15.4. The first-order valence-corrected chi connectivity index (χ1v) is 8.03. The van der Waals surface area contributed by atoms with E-state index in [0.717, 1.165) is 37.4 Å². The Bertz CT molecular complexity index is 816. The van der Waals surface area contributed by atoms with Crippen LogP contribution in [-0.4, -0.2) is 51.5 Å². The zero-order chi connectivity index (χ0) is 15.9. The Morgan fingerprint density at radius 2 is 1.91 bits per heavy atom. The third-order valence-electron chi connectivity index (χ3n) is 4.19. The maximum Gasteiger partial charge on any atom is 0.332 e. The molecule has 0 atom stereocenters. The minimum atomic E-state index is -0.367. The van der Waals surface area contributed by atoms with E-state index in [1.165, 1.54) is 16.5 Å². The molecule has 0 bridgehead atoms. The van der Waals surface area contributed by atoms with Crippen LogP contribution >= 0.6 is 15.9 Å². The van der Waals surface area contributed by atoms with Crippen LogP contribution in [0.4, 0.5) is 0 Å². The van der Waals surface area contributed by atoms with E-state index in [9.17, 15) is 9.59 Å². The van der Waals surface area contributed by atoms with Crippen molar-refractivity contribution in [2.24, 2.45) is 14.1 Å². The van der Waals surface area contributed by atoms with Crippen molar-refractivity contribution in [1.29, 1.82) is 0 Å². The van der Waals surface area contributed by atoms with E-state index in [1.54, 1.807) is 7.05 Å². The monoisotopic (exact) mass is 372 g/mol. The predicted molar refractivity (Wildman–Crippen MR) is 84.3 cm³/mol. The number of imidazole rings is 1. The van der Waals surface area contributed by atoms with Crippen LogP contribution in [0, 0.1) is 0 Å². The molecule has 1 aliphatic heterocycles. The lowest BCUT2D eigenvalue weighted by Crippen LogP contribution is -3.14. The fourth-order valence-corrected chi connectivity index (χ4v) is 3.33. The molecule has 3 rings (SSSR count). The molecular formula is C13H19BrN5O3+. The van der Waals surface area contributed by atoms with E-state index in [1.807, 2.05) is 4.57 Å². The Morgan fingerprint density at radius 1 is 1.23 bits per heavy atom. The maximum absolute atomic E-state index is 12.4. The number of rotatable bonds is 3. The summed E-state index contributed by atoms with van der Waals surface area (Å²) in [5.74, 6) is 0. The Hall–Kier alpha value is -1.45. The van der Waals surface area contributed by atoms with Gasteiger partial charge in [-0.1, -0.05) is 0 Å². The van der Waals surface area contributed by atoms with Gasteiger partial charge in [0, 0.05) is 14.1 Å². The fraction of sp³-hybridized carbons (Fsp3) is 0.615. The van der Waals surface area contributed by atoms with E-state index in [4.69, 9.17) is 4.74 Å². The van der Waals surface area contributed by atoms with E-state index < -0.39 is 0 Å². The van der Waals surface area contributed by atoms with E-state index >= 15 is 0 Å². The number of hydrogen-bond donors (Lipinski definition) is 1. The normalized spacial score (nSPS) is 16.5. The molecule has 0 aromatic carbocycles. The van der Waals surface area contributed by atoms with Gasteiger partial charge in [0.2, 0.25) is 0 Å². The second-order valence-electron chi connectivity index (χ2n) is 5.52. The van der Waals surface area contributed by atoms with Gasteiger partial charge in [0.15, 0.2) is 15.9 Å². The van der Waals surface area contributed by atoms with Gasteiger partial charge in [0.25, 0.3) is 5.56 Å². The van der Waals surface area contributed by atoms with Crippen molar-refractivity contribution in [3.63, 3.8) is 0 Å². The van der Waals surface area contributed by atoms with Crippen LogP contribution < -0.4 is 16.1 Å². The molecular weight excluding hydrogens is 354 g/mol. The third-order valence-corrected chi connectivity index (χ3v) is 4.80. The van der Waals surface area contributed by atoms with Gasteiger partial charge in [-0.05, 0) is 15.9 Å². The summed E-state index contributed by atoms with van der Waals surface area (Å²) in [5, 5.41) is 0. The second-order valence-corrected chi connectivity index (χ2v) is 6.23. The first-order valence-electron chi connectivity index (χ1n) is 7.23. The highest BCUT2D eigenvalue weighted by molar-refractivity contribution is 9.10. The van der Waals surface area contributed by atoms with E-state index in [-0.39, 0.29) is 11.2 Å². The molecule has 1 aliphatic rings. The summed E-state index contributed by atoms with van der Waals surface area (Å²) in [5.41, 5.74) is 0.197. The number of aromatic nitrogens is 4. The number of nitrogens with one attached hydrogen (secondary N) is 1. The van der Waals surface area contributed by atoms with Crippen molar-refractivity contribution in [2.45, 2.75) is 6.54 Å². The Morgan fingerprint density at radius 3 is 2.59 bits per heavy atom. The lowest BCUT2D eigenvalue weighted by molar-refractivity contribution is -0.908. The molecule has 120 valence electrons. The summed E-state index contributed by atoms with van der Waals surface area (Å²) in [6, 6.07) is 0. The van der Waals surface area contributed by atoms with Gasteiger partial charge >= 0.3 is 5.69 Å². The molecule has 9 heteroatoms. The largest absolute Gasteiger partial charge is 0.370 e. The van der Waals surface area contributed by atoms with Crippen LogP contribution in [0.25, 0.3) is 11.2 Å². The fourth-order valence-electron chi connectivity index (χ4n) is 2.80. The summed E-state index contributed by atoms with van der Waals surface area (Å²) in [7, 11) is 3.11. The SMILES string of the molecule is Cn1c(=O)c2c(nc(Br)n2CC[NH+]2CCOCC2)n(C)c1=O. The predicted octanol–water partition coefficient (Wildman–Crippen LogP) is -1.89. The van der Waals surface area contributed by atoms with Gasteiger partial charge in [-0.2, -0.15) is 0 Å². The standard InChI is InChI=1S/C13H18BrN5O3/c1-16-10-9(11(20)17(2)13(16)21)19(12(14)15-10)4-3-18-5-7-22-8-6-18/h3-8H2,1-2H3/p+1. The molecule has 3 heterocycles. The van der Waals surface area contributed by atoms with Gasteiger partial charge in [-0.25, -0.2) is 9.78 Å². The number of nitrogens with zero attached hydrogens (tertiary/aromatic N) is 4. The first-order chi connectivity index (χ1) is 10.5. The highest BCUT2D eigenvalue weighted by Crippen LogP contribution is 2.15. The smallest absolute Gasteiger partial charge is 0.332 e. The highest BCUT2D eigenvalue weighted by Gasteiger charge is 2.20. The van der Waals surface area contributed by atoms with Gasteiger partial charge in [0.05, 0.1) is 26.3 Å². The van der Waals surface area contributed by atoms with Crippen molar-refractivity contribution in [1.82, 2.24) is 18.7 Å². The number of aryl methyl sites for hydroxylation is 1. The van der Waals surface area contributed by atoms with Crippen LogP contribution in [0.5, 0.6) is 0 Å². The average molecular weight is 373 g/mol. The van der Waals surface area contributed by atoms with Crippen LogP contribution in [0.15, 0.2) is 14.3 Å². The second kappa shape index (κ2) is 5.98. The molecule has 8 nitrogen and oxygen atoms in total. The van der Waals surface area contributed by atoms with Gasteiger partial charge < -0.3 is 14.2 Å². The molecule has 0 radical (unpaired) electrons. The zero-order valence-corrected chi connectivity index (χ0v) is 14.2. The molecule has 0 spiro atoms. The highest BCUT2D eigenvalue weighted by atomic mass is 79.9. The summed E-state index contributed by atoms with van der Waals surface area (Å²) in [6.07, 6.45) is 0. The lowest BCUT2D eigenvalue weighted by Gasteiger charge is -2.23. The van der Waals surface area contributed by atoms with E-state index in [0.29, 0.717) is 22.4 Å². The van der Waals surface area contributed by atoms with Crippen LogP contribution in [0.1, 0.15) is 0 Å². The topological polar surface area (TPSA) is 75.5 Å². The lowest BCUT2D eigenvalue weighted by atomic mass is 10.4. The quantitative estimate of drug-likeness (QED) is 0.639. The number of morpholine rings is 1. The number of halogens is 1.